The van der Waals surface area contributed by atoms with Crippen LogP contribution in [0.4, 0.5) is 5.69 Å². The van der Waals surface area contributed by atoms with Crippen LogP contribution in [0.25, 0.3) is 0 Å². The Kier molecular flexibility index (Phi) is 6.68. The molecule has 0 aliphatic heterocycles. The van der Waals surface area contributed by atoms with Gasteiger partial charge in [0.15, 0.2) is 0 Å². The summed E-state index contributed by atoms with van der Waals surface area (Å²) < 4.78 is 0.739. The first kappa shape index (κ1) is 17.5. The maximum Gasteiger partial charge on any atom is 0.303 e. The molecule has 0 bridgehead atoms. The van der Waals surface area contributed by atoms with E-state index in [9.17, 15) is 9.59 Å². The largest absolute Gasteiger partial charge is 0.481 e. The van der Waals surface area contributed by atoms with Gasteiger partial charge in [-0.2, -0.15) is 0 Å². The van der Waals surface area contributed by atoms with Crippen LogP contribution in [-0.4, -0.2) is 23.5 Å². The molecule has 0 saturated carbocycles. The number of hydrogen-bond donors (Lipinski definition) is 3. The number of nitrogens with one attached hydrogen (secondary N) is 1. The summed E-state index contributed by atoms with van der Waals surface area (Å²) >= 11 is 3.27. The number of carboxylic acids is 1. The van der Waals surface area contributed by atoms with Crippen molar-refractivity contribution in [2.24, 2.45) is 11.8 Å². The number of halogens is 1. The fraction of sp³-hybridized carbons (Fsp3) is 0.467. The van der Waals surface area contributed by atoms with Crippen molar-refractivity contribution in [1.29, 1.82) is 0 Å². The Bertz CT molecular complexity index is 518. The summed E-state index contributed by atoms with van der Waals surface area (Å²) in [5.41, 5.74) is 6.70. The molecule has 0 aromatic heterocycles. The first-order chi connectivity index (χ1) is 9.79. The van der Waals surface area contributed by atoms with Crippen LogP contribution in [0.5, 0.6) is 0 Å². The molecule has 1 rings (SSSR count). The van der Waals surface area contributed by atoms with Gasteiger partial charge < -0.3 is 16.2 Å². The van der Waals surface area contributed by atoms with Crippen molar-refractivity contribution in [2.75, 3.05) is 12.3 Å². The molecule has 1 aromatic rings. The molecular formula is C15H21BrN2O3. The van der Waals surface area contributed by atoms with Gasteiger partial charge in [0.25, 0.3) is 5.91 Å². The Balaban J connectivity index is 2.63. The van der Waals surface area contributed by atoms with Gasteiger partial charge in [-0.15, -0.1) is 0 Å². The van der Waals surface area contributed by atoms with E-state index in [0.29, 0.717) is 23.7 Å². The van der Waals surface area contributed by atoms with Crippen LogP contribution in [0, 0.1) is 11.8 Å². The summed E-state index contributed by atoms with van der Waals surface area (Å²) in [6.07, 6.45) is 0.815. The van der Waals surface area contributed by atoms with Gasteiger partial charge in [0.05, 0.1) is 0 Å². The van der Waals surface area contributed by atoms with E-state index < -0.39 is 5.97 Å². The predicted octanol–water partition coefficient (Wildman–Crippen LogP) is 2.90. The normalized spacial score (nSPS) is 12.2. The van der Waals surface area contributed by atoms with Gasteiger partial charge in [0, 0.05) is 28.7 Å². The minimum absolute atomic E-state index is 0.0565. The van der Waals surface area contributed by atoms with Gasteiger partial charge in [0.2, 0.25) is 0 Å². The first-order valence-corrected chi connectivity index (χ1v) is 7.64. The number of nitrogens with two attached hydrogens (primary N) is 1. The molecule has 21 heavy (non-hydrogen) atoms. The lowest BCUT2D eigenvalue weighted by atomic mass is 9.94. The highest BCUT2D eigenvalue weighted by atomic mass is 79.9. The fourth-order valence-corrected chi connectivity index (χ4v) is 2.42. The minimum Gasteiger partial charge on any atom is -0.481 e. The van der Waals surface area contributed by atoms with Gasteiger partial charge in [-0.1, -0.05) is 13.8 Å². The Morgan fingerprint density at radius 3 is 2.57 bits per heavy atom. The van der Waals surface area contributed by atoms with Crippen molar-refractivity contribution >= 4 is 33.5 Å². The third kappa shape index (κ3) is 6.16. The molecule has 0 heterocycles. The molecule has 1 atom stereocenters. The molecule has 6 heteroatoms. The van der Waals surface area contributed by atoms with Gasteiger partial charge in [0.1, 0.15) is 0 Å². The predicted molar refractivity (Wildman–Crippen MR) is 86.1 cm³/mol. The van der Waals surface area contributed by atoms with E-state index >= 15 is 0 Å². The van der Waals surface area contributed by atoms with Gasteiger partial charge >= 0.3 is 5.97 Å². The zero-order valence-electron chi connectivity index (χ0n) is 12.2. The average molecular weight is 357 g/mol. The zero-order chi connectivity index (χ0) is 16.0. The topological polar surface area (TPSA) is 92.4 Å². The van der Waals surface area contributed by atoms with E-state index in [4.69, 9.17) is 10.8 Å². The van der Waals surface area contributed by atoms with Crippen LogP contribution >= 0.6 is 15.9 Å². The standard InChI is InChI=1S/C15H21BrN2O3/c1-9(2)5-10(6-14(19)20)8-18-15(21)11-3-4-12(16)13(17)7-11/h3-4,7,9-10H,5-6,8,17H2,1-2H3,(H,18,21)(H,19,20). The van der Waals surface area contributed by atoms with Crippen LogP contribution in [0.15, 0.2) is 22.7 Å². The molecular weight excluding hydrogens is 336 g/mol. The minimum atomic E-state index is -0.845. The van der Waals surface area contributed by atoms with Gasteiger partial charge in [-0.05, 0) is 52.4 Å². The molecule has 0 radical (unpaired) electrons. The number of hydrogen-bond acceptors (Lipinski definition) is 3. The third-order valence-electron chi connectivity index (χ3n) is 3.08. The summed E-state index contributed by atoms with van der Waals surface area (Å²) in [6.45, 7) is 4.41. The van der Waals surface area contributed by atoms with Crippen LogP contribution in [0.2, 0.25) is 0 Å². The van der Waals surface area contributed by atoms with Crippen molar-refractivity contribution < 1.29 is 14.7 Å². The maximum absolute atomic E-state index is 12.1. The number of anilines is 1. The van der Waals surface area contributed by atoms with Crippen LogP contribution < -0.4 is 11.1 Å². The summed E-state index contributed by atoms with van der Waals surface area (Å²) in [7, 11) is 0. The van der Waals surface area contributed by atoms with Crippen molar-refractivity contribution in [2.45, 2.75) is 26.7 Å². The fourth-order valence-electron chi connectivity index (χ4n) is 2.18. The monoisotopic (exact) mass is 356 g/mol. The average Bonchev–Trinajstić information content (AvgIpc) is 2.37. The van der Waals surface area contributed by atoms with Gasteiger partial charge in [-0.3, -0.25) is 9.59 Å². The molecule has 4 N–H and O–H groups in total. The molecule has 0 fully saturated rings. The summed E-state index contributed by atoms with van der Waals surface area (Å²) in [4.78, 5) is 22.9. The van der Waals surface area contributed by atoms with Crippen molar-refractivity contribution in [3.8, 4) is 0 Å². The van der Waals surface area contributed by atoms with Crippen molar-refractivity contribution in [3.05, 3.63) is 28.2 Å². The molecule has 0 aliphatic carbocycles. The Hall–Kier alpha value is -1.56. The zero-order valence-corrected chi connectivity index (χ0v) is 13.8. The number of aliphatic carboxylic acids is 1. The molecule has 1 amide bonds. The lowest BCUT2D eigenvalue weighted by Gasteiger charge is -2.18. The second-order valence-electron chi connectivity index (χ2n) is 5.54. The van der Waals surface area contributed by atoms with Crippen molar-refractivity contribution in [1.82, 2.24) is 5.32 Å². The molecule has 0 spiro atoms. The van der Waals surface area contributed by atoms with E-state index in [1.54, 1.807) is 18.2 Å². The molecule has 0 saturated heterocycles. The Labute approximate surface area is 133 Å². The number of carboxylic acid groups (broad SMARTS) is 1. The van der Waals surface area contributed by atoms with E-state index in [1.807, 2.05) is 13.8 Å². The lowest BCUT2D eigenvalue weighted by molar-refractivity contribution is -0.138. The lowest BCUT2D eigenvalue weighted by Crippen LogP contribution is -2.31. The number of nitrogen functional groups attached to an aromatic ring is 1. The van der Waals surface area contributed by atoms with Gasteiger partial charge in [-0.25, -0.2) is 0 Å². The summed E-state index contributed by atoms with van der Waals surface area (Å²) in [5, 5.41) is 11.7. The molecule has 116 valence electrons. The molecule has 5 nitrogen and oxygen atoms in total. The molecule has 1 aromatic carbocycles. The third-order valence-corrected chi connectivity index (χ3v) is 3.80. The van der Waals surface area contributed by atoms with E-state index in [2.05, 4.69) is 21.2 Å². The second kappa shape index (κ2) is 8.02. The van der Waals surface area contributed by atoms with E-state index in [-0.39, 0.29) is 18.2 Å². The smallest absolute Gasteiger partial charge is 0.303 e. The molecule has 0 aliphatic rings. The number of carbonyl (C=O) groups excluding carboxylic acids is 1. The van der Waals surface area contributed by atoms with Crippen LogP contribution in [0.3, 0.4) is 0 Å². The van der Waals surface area contributed by atoms with Crippen LogP contribution in [0.1, 0.15) is 37.0 Å². The maximum atomic E-state index is 12.1. The first-order valence-electron chi connectivity index (χ1n) is 6.84. The number of carbonyl (C=O) groups is 2. The summed E-state index contributed by atoms with van der Waals surface area (Å²) in [6, 6.07) is 4.98. The number of benzene rings is 1. The van der Waals surface area contributed by atoms with Crippen molar-refractivity contribution in [3.63, 3.8) is 0 Å². The van der Waals surface area contributed by atoms with E-state index in [1.165, 1.54) is 0 Å². The second-order valence-corrected chi connectivity index (χ2v) is 6.39. The van der Waals surface area contributed by atoms with Crippen LogP contribution in [-0.2, 0) is 4.79 Å². The number of rotatable bonds is 7. The highest BCUT2D eigenvalue weighted by Crippen LogP contribution is 2.20. The Morgan fingerprint density at radius 1 is 1.38 bits per heavy atom. The number of amides is 1. The SMILES string of the molecule is CC(C)CC(CNC(=O)c1ccc(Br)c(N)c1)CC(=O)O. The van der Waals surface area contributed by atoms with E-state index in [0.717, 1.165) is 10.9 Å². The quantitative estimate of drug-likeness (QED) is 0.654. The molecule has 1 unspecified atom stereocenters. The highest BCUT2D eigenvalue weighted by molar-refractivity contribution is 9.10. The summed E-state index contributed by atoms with van der Waals surface area (Å²) in [5.74, 6) is -0.773. The Morgan fingerprint density at radius 2 is 2.05 bits per heavy atom. The highest BCUT2D eigenvalue weighted by Gasteiger charge is 2.16.